The summed E-state index contributed by atoms with van der Waals surface area (Å²) in [6.45, 7) is 4.21. The number of rotatable bonds is 3. The Kier molecular flexibility index (Phi) is 3.38. The molecule has 1 heterocycles. The maximum atomic E-state index is 11.9. The van der Waals surface area contributed by atoms with Gasteiger partial charge in [0.25, 0.3) is 5.91 Å². The van der Waals surface area contributed by atoms with Crippen molar-refractivity contribution in [3.8, 4) is 0 Å². The molecule has 0 saturated heterocycles. The lowest BCUT2D eigenvalue weighted by Crippen LogP contribution is -2.38. The SMILES string of the molecule is Cc1cc(C(=O)NCC2CC(O)C2)c(C)nn1. The molecule has 5 heteroatoms. The molecule has 0 spiro atoms. The molecular formula is C12H17N3O2. The number of aromatic nitrogens is 2. The number of amides is 1. The third kappa shape index (κ3) is 2.79. The van der Waals surface area contributed by atoms with E-state index in [0.717, 1.165) is 18.5 Å². The molecule has 1 saturated carbocycles. The van der Waals surface area contributed by atoms with Crippen molar-refractivity contribution in [2.45, 2.75) is 32.8 Å². The van der Waals surface area contributed by atoms with Crippen LogP contribution in [0.5, 0.6) is 0 Å². The topological polar surface area (TPSA) is 75.1 Å². The Morgan fingerprint density at radius 1 is 1.47 bits per heavy atom. The minimum absolute atomic E-state index is 0.109. The van der Waals surface area contributed by atoms with Gasteiger partial charge in [-0.1, -0.05) is 0 Å². The predicted octanol–water partition coefficient (Wildman–Crippen LogP) is 0.594. The second-order valence-electron chi connectivity index (χ2n) is 4.69. The lowest BCUT2D eigenvalue weighted by Gasteiger charge is -2.31. The second-order valence-corrected chi connectivity index (χ2v) is 4.69. The Balaban J connectivity index is 1.92. The van der Waals surface area contributed by atoms with Gasteiger partial charge in [-0.15, -0.1) is 0 Å². The molecule has 1 amide bonds. The first-order valence-corrected chi connectivity index (χ1v) is 5.83. The Morgan fingerprint density at radius 3 is 2.82 bits per heavy atom. The van der Waals surface area contributed by atoms with Crippen LogP contribution in [0.25, 0.3) is 0 Å². The van der Waals surface area contributed by atoms with Crippen LogP contribution in [0.4, 0.5) is 0 Å². The van der Waals surface area contributed by atoms with Gasteiger partial charge < -0.3 is 10.4 Å². The molecule has 92 valence electrons. The Morgan fingerprint density at radius 2 is 2.18 bits per heavy atom. The quantitative estimate of drug-likeness (QED) is 0.804. The van der Waals surface area contributed by atoms with Gasteiger partial charge in [-0.3, -0.25) is 4.79 Å². The van der Waals surface area contributed by atoms with Crippen molar-refractivity contribution in [2.75, 3.05) is 6.54 Å². The smallest absolute Gasteiger partial charge is 0.253 e. The molecule has 5 nitrogen and oxygen atoms in total. The number of carbonyl (C=O) groups excluding carboxylic acids is 1. The van der Waals surface area contributed by atoms with Crippen molar-refractivity contribution in [1.82, 2.24) is 15.5 Å². The molecule has 1 aromatic heterocycles. The number of nitrogens with zero attached hydrogens (tertiary/aromatic N) is 2. The molecule has 0 radical (unpaired) electrons. The van der Waals surface area contributed by atoms with Crippen LogP contribution in [-0.2, 0) is 0 Å². The highest BCUT2D eigenvalue weighted by molar-refractivity contribution is 5.95. The standard InChI is InChI=1S/C12H17N3O2/c1-7-3-11(8(2)15-14-7)12(17)13-6-9-4-10(16)5-9/h3,9-10,16H,4-6H2,1-2H3,(H,13,17). The van der Waals surface area contributed by atoms with Crippen LogP contribution in [0, 0.1) is 19.8 Å². The first-order chi connectivity index (χ1) is 8.06. The number of aliphatic hydroxyl groups is 1. The van der Waals surface area contributed by atoms with Gasteiger partial charge in [-0.05, 0) is 38.7 Å². The number of nitrogens with one attached hydrogen (secondary N) is 1. The van der Waals surface area contributed by atoms with Crippen molar-refractivity contribution < 1.29 is 9.90 Å². The number of aryl methyl sites for hydroxylation is 2. The van der Waals surface area contributed by atoms with Gasteiger partial charge in [0, 0.05) is 6.54 Å². The fraction of sp³-hybridized carbons (Fsp3) is 0.583. The van der Waals surface area contributed by atoms with Gasteiger partial charge >= 0.3 is 0 Å². The molecule has 1 aliphatic rings. The van der Waals surface area contributed by atoms with Crippen LogP contribution in [0.2, 0.25) is 0 Å². The van der Waals surface area contributed by atoms with Crippen molar-refractivity contribution >= 4 is 5.91 Å². The molecule has 2 rings (SSSR count). The summed E-state index contributed by atoms with van der Waals surface area (Å²) in [7, 11) is 0. The summed E-state index contributed by atoms with van der Waals surface area (Å²) in [5, 5.41) is 19.8. The average molecular weight is 235 g/mol. The van der Waals surface area contributed by atoms with Crippen molar-refractivity contribution in [2.24, 2.45) is 5.92 Å². The first-order valence-electron chi connectivity index (χ1n) is 5.83. The van der Waals surface area contributed by atoms with Gasteiger partial charge in [0.1, 0.15) is 0 Å². The summed E-state index contributed by atoms with van der Waals surface area (Å²) in [6.07, 6.45) is 1.39. The normalized spacial score (nSPS) is 23.0. The van der Waals surface area contributed by atoms with E-state index in [4.69, 9.17) is 5.11 Å². The fourth-order valence-electron chi connectivity index (χ4n) is 1.98. The first kappa shape index (κ1) is 12.0. The summed E-state index contributed by atoms with van der Waals surface area (Å²) in [4.78, 5) is 11.9. The van der Waals surface area contributed by atoms with E-state index in [1.807, 2.05) is 6.92 Å². The summed E-state index contributed by atoms with van der Waals surface area (Å²) in [5.74, 6) is 0.298. The van der Waals surface area contributed by atoms with Crippen LogP contribution >= 0.6 is 0 Å². The molecule has 1 aromatic rings. The van der Waals surface area contributed by atoms with Gasteiger partial charge in [-0.2, -0.15) is 10.2 Å². The zero-order valence-electron chi connectivity index (χ0n) is 10.1. The van der Waals surface area contributed by atoms with E-state index in [2.05, 4.69) is 15.5 Å². The van der Waals surface area contributed by atoms with E-state index in [0.29, 0.717) is 23.7 Å². The Bertz CT molecular complexity index is 428. The van der Waals surface area contributed by atoms with E-state index in [1.165, 1.54) is 0 Å². The van der Waals surface area contributed by atoms with Crippen LogP contribution in [0.3, 0.4) is 0 Å². The molecule has 1 aliphatic carbocycles. The van der Waals surface area contributed by atoms with Crippen molar-refractivity contribution in [3.05, 3.63) is 23.0 Å². The minimum atomic E-state index is -0.177. The highest BCUT2D eigenvalue weighted by Gasteiger charge is 2.27. The predicted molar refractivity (Wildman–Crippen MR) is 62.6 cm³/mol. The fourth-order valence-corrected chi connectivity index (χ4v) is 1.98. The molecule has 0 bridgehead atoms. The Labute approximate surface area is 100 Å². The van der Waals surface area contributed by atoms with Gasteiger partial charge in [0.15, 0.2) is 0 Å². The molecule has 1 fully saturated rings. The van der Waals surface area contributed by atoms with Gasteiger partial charge in [0.05, 0.1) is 23.1 Å². The molecule has 17 heavy (non-hydrogen) atoms. The van der Waals surface area contributed by atoms with Gasteiger partial charge in [-0.25, -0.2) is 0 Å². The monoisotopic (exact) mass is 235 g/mol. The summed E-state index contributed by atoms with van der Waals surface area (Å²) >= 11 is 0. The largest absolute Gasteiger partial charge is 0.393 e. The number of carbonyl (C=O) groups is 1. The summed E-state index contributed by atoms with van der Waals surface area (Å²) in [5.41, 5.74) is 1.96. The second kappa shape index (κ2) is 4.79. The minimum Gasteiger partial charge on any atom is -0.393 e. The van der Waals surface area contributed by atoms with E-state index < -0.39 is 0 Å². The van der Waals surface area contributed by atoms with Crippen molar-refractivity contribution in [1.29, 1.82) is 0 Å². The number of hydrogen-bond donors (Lipinski definition) is 2. The lowest BCUT2D eigenvalue weighted by molar-refractivity contribution is 0.0420. The van der Waals surface area contributed by atoms with Crippen LogP contribution < -0.4 is 5.32 Å². The molecule has 0 atom stereocenters. The average Bonchev–Trinajstić information content (AvgIpc) is 2.26. The zero-order chi connectivity index (χ0) is 12.4. The van der Waals surface area contributed by atoms with E-state index in [-0.39, 0.29) is 12.0 Å². The zero-order valence-corrected chi connectivity index (χ0v) is 10.1. The lowest BCUT2D eigenvalue weighted by atomic mass is 9.82. The molecular weight excluding hydrogens is 218 g/mol. The van der Waals surface area contributed by atoms with Gasteiger partial charge in [0.2, 0.25) is 0 Å². The Hall–Kier alpha value is -1.49. The highest BCUT2D eigenvalue weighted by Crippen LogP contribution is 2.26. The molecule has 0 aliphatic heterocycles. The van der Waals surface area contributed by atoms with Crippen LogP contribution in [0.1, 0.15) is 34.6 Å². The highest BCUT2D eigenvalue weighted by atomic mass is 16.3. The molecule has 0 aromatic carbocycles. The van der Waals surface area contributed by atoms with E-state index in [9.17, 15) is 4.79 Å². The molecule has 0 unspecified atom stereocenters. The van der Waals surface area contributed by atoms with Crippen LogP contribution in [-0.4, -0.2) is 33.9 Å². The maximum Gasteiger partial charge on any atom is 0.253 e. The third-order valence-electron chi connectivity index (χ3n) is 3.11. The van der Waals surface area contributed by atoms with Crippen LogP contribution in [0.15, 0.2) is 6.07 Å². The summed E-state index contributed by atoms with van der Waals surface area (Å²) < 4.78 is 0. The maximum absolute atomic E-state index is 11.9. The number of aliphatic hydroxyl groups excluding tert-OH is 1. The third-order valence-corrected chi connectivity index (χ3v) is 3.11. The van der Waals surface area contributed by atoms with E-state index >= 15 is 0 Å². The molecule has 2 N–H and O–H groups in total. The summed E-state index contributed by atoms with van der Waals surface area (Å²) in [6, 6.07) is 1.74. The van der Waals surface area contributed by atoms with Crippen molar-refractivity contribution in [3.63, 3.8) is 0 Å². The number of hydrogen-bond acceptors (Lipinski definition) is 4. The van der Waals surface area contributed by atoms with E-state index in [1.54, 1.807) is 13.0 Å².